The van der Waals surface area contributed by atoms with E-state index in [9.17, 15) is 8.78 Å². The van der Waals surface area contributed by atoms with Crippen molar-refractivity contribution in [2.24, 2.45) is 5.73 Å². The Kier molecular flexibility index (Phi) is 2.17. The van der Waals surface area contributed by atoms with Gasteiger partial charge in [0.15, 0.2) is 17.3 Å². The Balaban J connectivity index is 2.02. The molecule has 0 aliphatic carbocycles. The highest BCUT2D eigenvalue weighted by molar-refractivity contribution is 5.50. The molecule has 2 N–H and O–H groups in total. The van der Waals surface area contributed by atoms with Crippen molar-refractivity contribution >= 4 is 0 Å². The number of hydrogen-bond donors (Lipinski definition) is 1. The number of tetrazole rings is 1. The number of halogens is 2. The molecule has 18 heavy (non-hydrogen) atoms. The fourth-order valence-corrected chi connectivity index (χ4v) is 1.60. The Labute approximate surface area is 99.1 Å². The van der Waals surface area contributed by atoms with Gasteiger partial charge in [-0.3, -0.25) is 0 Å². The van der Waals surface area contributed by atoms with Crippen molar-refractivity contribution < 1.29 is 18.3 Å². The molecular formula is C9H7F2N5O2. The van der Waals surface area contributed by atoms with Gasteiger partial charge in [-0.05, 0) is 22.6 Å². The quantitative estimate of drug-likeness (QED) is 0.837. The number of aromatic nitrogens is 4. The third kappa shape index (κ3) is 1.64. The summed E-state index contributed by atoms with van der Waals surface area (Å²) in [5.74, 6) is 0.294. The summed E-state index contributed by atoms with van der Waals surface area (Å²) < 4.78 is 35.6. The van der Waals surface area contributed by atoms with E-state index in [1.54, 1.807) is 0 Å². The summed E-state index contributed by atoms with van der Waals surface area (Å²) in [7, 11) is 0. The maximum atomic E-state index is 12.8. The van der Waals surface area contributed by atoms with Crippen LogP contribution in [0.5, 0.6) is 11.5 Å². The Morgan fingerprint density at radius 3 is 2.83 bits per heavy atom. The van der Waals surface area contributed by atoms with E-state index in [1.807, 2.05) is 0 Å². The zero-order chi connectivity index (χ0) is 12.8. The van der Waals surface area contributed by atoms with Crippen molar-refractivity contribution in [2.75, 3.05) is 0 Å². The molecule has 3 rings (SSSR count). The average molecular weight is 255 g/mol. The van der Waals surface area contributed by atoms with Gasteiger partial charge in [0.05, 0.1) is 12.2 Å². The zero-order valence-electron chi connectivity index (χ0n) is 8.88. The fourth-order valence-electron chi connectivity index (χ4n) is 1.60. The van der Waals surface area contributed by atoms with E-state index in [4.69, 9.17) is 5.73 Å². The van der Waals surface area contributed by atoms with Gasteiger partial charge >= 0.3 is 6.29 Å². The monoisotopic (exact) mass is 255 g/mol. The fraction of sp³-hybridized carbons (Fsp3) is 0.222. The van der Waals surface area contributed by atoms with Crippen molar-refractivity contribution in [3.63, 3.8) is 0 Å². The molecule has 0 fully saturated rings. The van der Waals surface area contributed by atoms with Crippen molar-refractivity contribution in [3.05, 3.63) is 24.0 Å². The first-order valence-electron chi connectivity index (χ1n) is 4.97. The van der Waals surface area contributed by atoms with Gasteiger partial charge in [-0.25, -0.2) is 0 Å². The first kappa shape index (κ1) is 10.8. The van der Waals surface area contributed by atoms with Crippen molar-refractivity contribution in [1.82, 2.24) is 20.2 Å². The van der Waals surface area contributed by atoms with E-state index >= 15 is 0 Å². The second-order valence-electron chi connectivity index (χ2n) is 3.51. The van der Waals surface area contributed by atoms with Gasteiger partial charge in [0.25, 0.3) is 0 Å². The summed E-state index contributed by atoms with van der Waals surface area (Å²) in [6, 6.07) is 4.23. The molecule has 0 saturated carbocycles. The highest BCUT2D eigenvalue weighted by Crippen LogP contribution is 2.41. The van der Waals surface area contributed by atoms with Crippen LogP contribution in [0.4, 0.5) is 8.78 Å². The second kappa shape index (κ2) is 3.60. The number of nitrogens with two attached hydrogens (primary N) is 1. The molecule has 2 aromatic rings. The summed E-state index contributed by atoms with van der Waals surface area (Å²) in [6.45, 7) is 0.123. The topological polar surface area (TPSA) is 88.1 Å². The molecule has 0 unspecified atom stereocenters. The minimum absolute atomic E-state index is 0.0360. The molecule has 0 spiro atoms. The molecular weight excluding hydrogens is 248 g/mol. The van der Waals surface area contributed by atoms with Gasteiger partial charge in [0.2, 0.25) is 0 Å². The van der Waals surface area contributed by atoms with Crippen LogP contribution in [0.3, 0.4) is 0 Å². The summed E-state index contributed by atoms with van der Waals surface area (Å²) in [4.78, 5) is 0. The molecule has 0 bridgehead atoms. The van der Waals surface area contributed by atoms with Gasteiger partial charge in [-0.15, -0.1) is 13.9 Å². The van der Waals surface area contributed by atoms with E-state index in [2.05, 4.69) is 25.0 Å². The molecule has 0 amide bonds. The Bertz CT molecular complexity index is 600. The van der Waals surface area contributed by atoms with Crippen LogP contribution in [-0.2, 0) is 6.54 Å². The summed E-state index contributed by atoms with van der Waals surface area (Å²) >= 11 is 0. The number of hydrogen-bond acceptors (Lipinski definition) is 6. The van der Waals surface area contributed by atoms with Gasteiger partial charge in [-0.1, -0.05) is 0 Å². The predicted octanol–water partition coefficient (Wildman–Crippen LogP) is 0.442. The Hall–Kier alpha value is -2.29. The van der Waals surface area contributed by atoms with Gasteiger partial charge < -0.3 is 15.2 Å². The number of benzene rings is 1. The lowest BCUT2D eigenvalue weighted by Gasteiger charge is -2.04. The van der Waals surface area contributed by atoms with E-state index in [1.165, 1.54) is 22.9 Å². The minimum Gasteiger partial charge on any atom is -0.395 e. The molecule has 0 radical (unpaired) electrons. The molecule has 1 aliphatic heterocycles. The SMILES string of the molecule is NCc1nnnn1-c1ccc2c(c1)OC(F)(F)O2. The summed E-state index contributed by atoms with van der Waals surface area (Å²) in [5.41, 5.74) is 5.91. The average Bonchev–Trinajstić information content (AvgIpc) is 2.88. The Morgan fingerprint density at radius 1 is 1.28 bits per heavy atom. The Morgan fingerprint density at radius 2 is 2.06 bits per heavy atom. The van der Waals surface area contributed by atoms with E-state index in [0.717, 1.165) is 0 Å². The van der Waals surface area contributed by atoms with Crippen LogP contribution in [0.15, 0.2) is 18.2 Å². The normalized spacial score (nSPS) is 15.9. The lowest BCUT2D eigenvalue weighted by Crippen LogP contribution is -2.25. The number of ether oxygens (including phenoxy) is 2. The largest absolute Gasteiger partial charge is 0.586 e. The molecule has 0 atom stereocenters. The van der Waals surface area contributed by atoms with Crippen molar-refractivity contribution in [1.29, 1.82) is 0 Å². The molecule has 94 valence electrons. The number of rotatable bonds is 2. The number of nitrogens with zero attached hydrogens (tertiary/aromatic N) is 4. The molecule has 9 heteroatoms. The van der Waals surface area contributed by atoms with Crippen LogP contribution in [0.1, 0.15) is 5.82 Å². The standard InChI is InChI=1S/C9H7F2N5O2/c10-9(11)17-6-2-1-5(3-7(6)18-9)16-8(4-12)13-14-15-16/h1-3H,4,12H2. The van der Waals surface area contributed by atoms with Crippen LogP contribution in [0, 0.1) is 0 Å². The third-order valence-electron chi connectivity index (χ3n) is 2.35. The van der Waals surface area contributed by atoms with Gasteiger partial charge in [0, 0.05) is 6.07 Å². The molecule has 1 aliphatic rings. The number of alkyl halides is 2. The van der Waals surface area contributed by atoms with Gasteiger partial charge in [0.1, 0.15) is 0 Å². The van der Waals surface area contributed by atoms with Crippen molar-refractivity contribution in [2.45, 2.75) is 12.8 Å². The number of fused-ring (bicyclic) bond motifs is 1. The van der Waals surface area contributed by atoms with Crippen LogP contribution in [0.2, 0.25) is 0 Å². The minimum atomic E-state index is -3.64. The van der Waals surface area contributed by atoms with Crippen LogP contribution in [0.25, 0.3) is 5.69 Å². The molecule has 0 saturated heterocycles. The van der Waals surface area contributed by atoms with Gasteiger partial charge in [-0.2, -0.15) is 4.68 Å². The first-order chi connectivity index (χ1) is 8.59. The molecule has 1 aromatic heterocycles. The summed E-state index contributed by atoms with van der Waals surface area (Å²) in [6.07, 6.45) is -3.64. The maximum absolute atomic E-state index is 12.8. The van der Waals surface area contributed by atoms with Crippen LogP contribution < -0.4 is 15.2 Å². The van der Waals surface area contributed by atoms with Crippen LogP contribution in [-0.4, -0.2) is 26.5 Å². The van der Waals surface area contributed by atoms with E-state index in [0.29, 0.717) is 11.5 Å². The molecule has 7 nitrogen and oxygen atoms in total. The van der Waals surface area contributed by atoms with Crippen LogP contribution >= 0.6 is 0 Å². The van der Waals surface area contributed by atoms with E-state index in [-0.39, 0.29) is 18.0 Å². The maximum Gasteiger partial charge on any atom is 0.586 e. The third-order valence-corrected chi connectivity index (χ3v) is 2.35. The predicted molar refractivity (Wildman–Crippen MR) is 53.2 cm³/mol. The highest BCUT2D eigenvalue weighted by Gasteiger charge is 2.43. The van der Waals surface area contributed by atoms with Crippen molar-refractivity contribution in [3.8, 4) is 17.2 Å². The zero-order valence-corrected chi connectivity index (χ0v) is 8.88. The smallest absolute Gasteiger partial charge is 0.395 e. The lowest BCUT2D eigenvalue weighted by molar-refractivity contribution is -0.286. The first-order valence-corrected chi connectivity index (χ1v) is 4.97. The second-order valence-corrected chi connectivity index (χ2v) is 3.51. The van der Waals surface area contributed by atoms with E-state index < -0.39 is 6.29 Å². The molecule has 1 aromatic carbocycles. The lowest BCUT2D eigenvalue weighted by atomic mass is 10.3. The summed E-state index contributed by atoms with van der Waals surface area (Å²) in [5, 5.41) is 10.9. The molecule has 2 heterocycles. The highest BCUT2D eigenvalue weighted by atomic mass is 19.3.